The Morgan fingerprint density at radius 1 is 1.09 bits per heavy atom. The average molecular weight is 467 g/mol. The Hall–Kier alpha value is -2.39. The molecule has 0 aliphatic carbocycles. The largest absolute Gasteiger partial charge is 0.379 e. The summed E-state index contributed by atoms with van der Waals surface area (Å²) in [6, 6.07) is 12.2. The molecule has 4 aromatic rings. The molecule has 1 fully saturated rings. The van der Waals surface area contributed by atoms with Crippen LogP contribution in [-0.4, -0.2) is 60.2 Å². The number of benzene rings is 2. The second-order valence-electron chi connectivity index (χ2n) is 8.18. The summed E-state index contributed by atoms with van der Waals surface area (Å²) in [5.74, 6) is -0.0680. The molecule has 0 N–H and O–H groups in total. The molecule has 0 saturated carbocycles. The summed E-state index contributed by atoms with van der Waals surface area (Å²) < 4.78 is 7.62. The van der Waals surface area contributed by atoms with Crippen molar-refractivity contribution < 1.29 is 9.53 Å². The summed E-state index contributed by atoms with van der Waals surface area (Å²) in [5, 5.41) is 1.27. The summed E-state index contributed by atoms with van der Waals surface area (Å²) in [7, 11) is 0. The van der Waals surface area contributed by atoms with Crippen LogP contribution >= 0.6 is 22.7 Å². The van der Waals surface area contributed by atoms with Crippen molar-refractivity contribution in [3.05, 3.63) is 52.5 Å². The first-order valence-corrected chi connectivity index (χ1v) is 12.6. The van der Waals surface area contributed by atoms with Crippen molar-refractivity contribution in [1.29, 1.82) is 0 Å². The zero-order valence-corrected chi connectivity index (χ0v) is 20.0. The number of fused-ring (bicyclic) bond motifs is 2. The van der Waals surface area contributed by atoms with E-state index in [1.54, 1.807) is 11.3 Å². The van der Waals surface area contributed by atoms with Gasteiger partial charge in [-0.15, -0.1) is 11.3 Å². The number of carbonyl (C=O) groups excluding carboxylic acids is 1. The number of nitrogens with zero attached hydrogens (tertiary/aromatic N) is 4. The lowest BCUT2D eigenvalue weighted by Gasteiger charge is -2.27. The highest BCUT2D eigenvalue weighted by Crippen LogP contribution is 2.33. The van der Waals surface area contributed by atoms with Gasteiger partial charge in [-0.1, -0.05) is 29.5 Å². The Bertz CT molecular complexity index is 1230. The minimum atomic E-state index is -0.0680. The standard InChI is InChI=1S/C24H26N4O2S2/c1-16-14-17(2)21-19(15-16)26-24(32-21)28(9-5-8-27-10-12-30-13-11-27)23(29)22-25-18-6-3-4-7-20(18)31-22/h3-4,6-7,14-15H,5,8-13H2,1-2H3. The van der Waals surface area contributed by atoms with Crippen LogP contribution in [0, 0.1) is 13.8 Å². The molecule has 0 unspecified atom stereocenters. The first kappa shape index (κ1) is 21.5. The quantitative estimate of drug-likeness (QED) is 0.405. The smallest absolute Gasteiger partial charge is 0.289 e. The minimum Gasteiger partial charge on any atom is -0.379 e. The van der Waals surface area contributed by atoms with Gasteiger partial charge in [0.15, 0.2) is 10.1 Å². The van der Waals surface area contributed by atoms with E-state index in [1.807, 2.05) is 29.2 Å². The molecule has 32 heavy (non-hydrogen) atoms. The van der Waals surface area contributed by atoms with Crippen molar-refractivity contribution in [3.63, 3.8) is 0 Å². The van der Waals surface area contributed by atoms with Gasteiger partial charge in [0.2, 0.25) is 0 Å². The zero-order valence-electron chi connectivity index (χ0n) is 18.3. The third-order valence-corrected chi connectivity index (χ3v) is 7.98. The van der Waals surface area contributed by atoms with Crippen LogP contribution in [0.2, 0.25) is 0 Å². The summed E-state index contributed by atoms with van der Waals surface area (Å²) in [4.78, 5) is 27.3. The van der Waals surface area contributed by atoms with Crippen molar-refractivity contribution >= 4 is 54.1 Å². The molecule has 0 atom stereocenters. The Labute approximate surface area is 195 Å². The van der Waals surface area contributed by atoms with E-state index in [9.17, 15) is 4.79 Å². The van der Waals surface area contributed by atoms with E-state index >= 15 is 0 Å². The molecular weight excluding hydrogens is 440 g/mol. The van der Waals surface area contributed by atoms with Crippen LogP contribution in [0.1, 0.15) is 27.3 Å². The van der Waals surface area contributed by atoms with Gasteiger partial charge in [0.1, 0.15) is 0 Å². The molecule has 1 aliphatic rings. The lowest BCUT2D eigenvalue weighted by Crippen LogP contribution is -2.39. The number of rotatable bonds is 6. The predicted octanol–water partition coefficient (Wildman–Crippen LogP) is 4.89. The molecule has 5 rings (SSSR count). The van der Waals surface area contributed by atoms with Crippen LogP contribution in [-0.2, 0) is 4.74 Å². The molecule has 6 nitrogen and oxygen atoms in total. The number of aromatic nitrogens is 2. The van der Waals surface area contributed by atoms with Crippen molar-refractivity contribution in [2.45, 2.75) is 20.3 Å². The number of ether oxygens (including phenoxy) is 1. The second-order valence-corrected chi connectivity index (χ2v) is 10.2. The first-order chi connectivity index (χ1) is 15.6. The second kappa shape index (κ2) is 9.23. The Kier molecular flexibility index (Phi) is 6.19. The van der Waals surface area contributed by atoms with Gasteiger partial charge in [-0.2, -0.15) is 0 Å². The maximum atomic E-state index is 13.6. The third kappa shape index (κ3) is 4.41. The number of carbonyl (C=O) groups is 1. The number of aryl methyl sites for hydroxylation is 2. The fourth-order valence-electron chi connectivity index (χ4n) is 4.12. The highest BCUT2D eigenvalue weighted by atomic mass is 32.1. The summed E-state index contributed by atoms with van der Waals surface area (Å²) in [5.41, 5.74) is 4.20. The van der Waals surface area contributed by atoms with Crippen LogP contribution in [0.25, 0.3) is 20.4 Å². The molecule has 0 bridgehead atoms. The van der Waals surface area contributed by atoms with E-state index in [0.717, 1.165) is 64.8 Å². The van der Waals surface area contributed by atoms with E-state index in [4.69, 9.17) is 9.72 Å². The number of hydrogen-bond donors (Lipinski definition) is 0. The highest BCUT2D eigenvalue weighted by molar-refractivity contribution is 7.23. The third-order valence-electron chi connectivity index (χ3n) is 5.72. The van der Waals surface area contributed by atoms with E-state index in [1.165, 1.54) is 22.5 Å². The highest BCUT2D eigenvalue weighted by Gasteiger charge is 2.25. The fourth-order valence-corrected chi connectivity index (χ4v) is 6.08. The number of para-hydroxylation sites is 1. The van der Waals surface area contributed by atoms with Gasteiger partial charge in [0.05, 0.1) is 33.6 Å². The number of amides is 1. The van der Waals surface area contributed by atoms with Crippen molar-refractivity contribution in [2.24, 2.45) is 0 Å². The monoisotopic (exact) mass is 466 g/mol. The molecule has 1 aliphatic heterocycles. The zero-order chi connectivity index (χ0) is 22.1. The Balaban J connectivity index is 1.45. The predicted molar refractivity (Wildman–Crippen MR) is 132 cm³/mol. The maximum absolute atomic E-state index is 13.6. The lowest BCUT2D eigenvalue weighted by atomic mass is 10.1. The maximum Gasteiger partial charge on any atom is 0.289 e. The molecule has 0 radical (unpaired) electrons. The molecule has 3 heterocycles. The molecule has 2 aromatic carbocycles. The van der Waals surface area contributed by atoms with Crippen LogP contribution in [0.15, 0.2) is 36.4 Å². The van der Waals surface area contributed by atoms with Crippen LogP contribution in [0.4, 0.5) is 5.13 Å². The van der Waals surface area contributed by atoms with Gasteiger partial charge < -0.3 is 4.74 Å². The van der Waals surface area contributed by atoms with Crippen LogP contribution < -0.4 is 4.90 Å². The van der Waals surface area contributed by atoms with Gasteiger partial charge in [-0.3, -0.25) is 14.6 Å². The van der Waals surface area contributed by atoms with Crippen molar-refractivity contribution in [1.82, 2.24) is 14.9 Å². The van der Waals surface area contributed by atoms with E-state index in [2.05, 4.69) is 35.9 Å². The minimum absolute atomic E-state index is 0.0680. The normalized spacial score (nSPS) is 14.9. The molecular formula is C24H26N4O2S2. The average Bonchev–Trinajstić information content (AvgIpc) is 3.41. The van der Waals surface area contributed by atoms with Crippen LogP contribution in [0.5, 0.6) is 0 Å². The van der Waals surface area contributed by atoms with Crippen molar-refractivity contribution in [2.75, 3.05) is 44.3 Å². The SMILES string of the molecule is Cc1cc(C)c2sc(N(CCCN3CCOCC3)C(=O)c3nc4ccccc4s3)nc2c1. The summed E-state index contributed by atoms with van der Waals surface area (Å²) >= 11 is 3.04. The first-order valence-electron chi connectivity index (χ1n) is 10.9. The molecule has 1 amide bonds. The van der Waals surface area contributed by atoms with Crippen LogP contribution in [0.3, 0.4) is 0 Å². The lowest BCUT2D eigenvalue weighted by molar-refractivity contribution is 0.0376. The number of thiazole rings is 2. The molecule has 166 valence electrons. The van der Waals surface area contributed by atoms with Gasteiger partial charge in [0.25, 0.3) is 5.91 Å². The van der Waals surface area contributed by atoms with E-state index in [-0.39, 0.29) is 5.91 Å². The molecule has 8 heteroatoms. The van der Waals surface area contributed by atoms with Gasteiger partial charge >= 0.3 is 0 Å². The van der Waals surface area contributed by atoms with Gasteiger partial charge in [0, 0.05) is 26.2 Å². The number of morpholine rings is 1. The topological polar surface area (TPSA) is 58.6 Å². The summed E-state index contributed by atoms with van der Waals surface area (Å²) in [6.45, 7) is 9.21. The number of hydrogen-bond acceptors (Lipinski definition) is 7. The van der Waals surface area contributed by atoms with E-state index < -0.39 is 0 Å². The van der Waals surface area contributed by atoms with Gasteiger partial charge in [-0.25, -0.2) is 9.97 Å². The molecule has 2 aromatic heterocycles. The van der Waals surface area contributed by atoms with Gasteiger partial charge in [-0.05, 0) is 49.6 Å². The number of anilines is 1. The van der Waals surface area contributed by atoms with E-state index in [0.29, 0.717) is 11.6 Å². The molecule has 0 spiro atoms. The summed E-state index contributed by atoms with van der Waals surface area (Å²) in [6.07, 6.45) is 0.880. The van der Waals surface area contributed by atoms with Crippen molar-refractivity contribution in [3.8, 4) is 0 Å². The molecule has 1 saturated heterocycles. The Morgan fingerprint density at radius 2 is 1.91 bits per heavy atom. The fraction of sp³-hybridized carbons (Fsp3) is 0.375. The Morgan fingerprint density at radius 3 is 2.72 bits per heavy atom.